The minimum atomic E-state index is -0.580. The van der Waals surface area contributed by atoms with Gasteiger partial charge in [-0.1, -0.05) is 0 Å². The van der Waals surface area contributed by atoms with E-state index in [4.69, 9.17) is 0 Å². The minimum Gasteiger partial charge on any atom is -0.290 e. The fourth-order valence-corrected chi connectivity index (χ4v) is 2.18. The van der Waals surface area contributed by atoms with Crippen molar-refractivity contribution < 1.29 is 0 Å². The molecule has 0 fully saturated rings. The van der Waals surface area contributed by atoms with Crippen molar-refractivity contribution in [3.05, 3.63) is 42.1 Å². The third kappa shape index (κ3) is 1.70. The van der Waals surface area contributed by atoms with E-state index in [9.17, 15) is 9.59 Å². The molecule has 0 aliphatic carbocycles. The zero-order valence-electron chi connectivity index (χ0n) is 9.24. The van der Waals surface area contributed by atoms with Crippen LogP contribution in [-0.4, -0.2) is 19.9 Å². The number of hydrogen-bond donors (Lipinski definition) is 2. The van der Waals surface area contributed by atoms with Gasteiger partial charge >= 0.3 is 5.69 Å². The number of rotatable bonds is 0. The van der Waals surface area contributed by atoms with E-state index in [2.05, 4.69) is 42.5 Å². The number of hydrogen-bond acceptors (Lipinski definition) is 4. The van der Waals surface area contributed by atoms with Gasteiger partial charge in [0.1, 0.15) is 0 Å². The zero-order chi connectivity index (χ0) is 12.9. The second-order valence-corrected chi connectivity index (χ2v) is 5.08. The van der Waals surface area contributed by atoms with Crippen molar-refractivity contribution in [3.8, 4) is 0 Å². The summed E-state index contributed by atoms with van der Waals surface area (Å²) in [5, 5.41) is 0. The summed E-state index contributed by atoms with van der Waals surface area (Å²) in [4.78, 5) is 35.9. The molecule has 0 atom stereocenters. The summed E-state index contributed by atoms with van der Waals surface area (Å²) in [5.74, 6) is 0. The van der Waals surface area contributed by atoms with Crippen molar-refractivity contribution in [2.75, 3.05) is 0 Å². The van der Waals surface area contributed by atoms with Crippen LogP contribution in [0.5, 0.6) is 0 Å². The maximum atomic E-state index is 11.6. The quantitative estimate of drug-likeness (QED) is 0.467. The highest BCUT2D eigenvalue weighted by Gasteiger charge is 2.08. The van der Waals surface area contributed by atoms with Crippen LogP contribution in [0.15, 0.2) is 21.7 Å². The third-order valence-electron chi connectivity index (χ3n) is 2.62. The molecule has 0 saturated carbocycles. The summed E-state index contributed by atoms with van der Waals surface area (Å²) in [6.45, 7) is 1.97. The van der Waals surface area contributed by atoms with E-state index in [-0.39, 0.29) is 11.2 Å². The lowest BCUT2D eigenvalue weighted by molar-refractivity contribution is 1.05. The molecular formula is C11H7IN4O2. The average Bonchev–Trinajstić information content (AvgIpc) is 2.29. The lowest BCUT2D eigenvalue weighted by atomic mass is 10.2. The molecule has 2 aromatic heterocycles. The van der Waals surface area contributed by atoms with E-state index in [1.807, 2.05) is 19.1 Å². The minimum absolute atomic E-state index is 0.141. The van der Waals surface area contributed by atoms with Crippen molar-refractivity contribution in [1.29, 1.82) is 0 Å². The van der Waals surface area contributed by atoms with Gasteiger partial charge in [0.05, 0.1) is 11.0 Å². The van der Waals surface area contributed by atoms with Gasteiger partial charge in [0, 0.05) is 3.57 Å². The third-order valence-corrected chi connectivity index (χ3v) is 3.78. The number of aromatic amines is 2. The molecule has 0 saturated heterocycles. The monoisotopic (exact) mass is 354 g/mol. The summed E-state index contributed by atoms with van der Waals surface area (Å²) in [7, 11) is 0. The smallest absolute Gasteiger partial charge is 0.290 e. The van der Waals surface area contributed by atoms with E-state index in [1.165, 1.54) is 0 Å². The molecule has 0 spiro atoms. The van der Waals surface area contributed by atoms with Gasteiger partial charge in [-0.25, -0.2) is 14.8 Å². The topological polar surface area (TPSA) is 91.5 Å². The molecule has 3 aromatic rings. The van der Waals surface area contributed by atoms with Crippen LogP contribution in [-0.2, 0) is 0 Å². The number of aryl methyl sites for hydroxylation is 1. The van der Waals surface area contributed by atoms with Crippen LogP contribution in [0.4, 0.5) is 0 Å². The molecule has 1 aromatic carbocycles. The highest BCUT2D eigenvalue weighted by Crippen LogP contribution is 2.19. The molecule has 0 bridgehead atoms. The average molecular weight is 354 g/mol. The second kappa shape index (κ2) is 3.87. The fraction of sp³-hybridized carbons (Fsp3) is 0.0909. The first-order valence-electron chi connectivity index (χ1n) is 5.15. The summed E-state index contributed by atoms with van der Waals surface area (Å²) < 4.78 is 1.05. The molecule has 3 rings (SSSR count). The standard InChI is InChI=1S/C11H7IN4O2/c1-4-2-6-7(3-5(4)12)13-8-9(14-6)15-11(18)16-10(8)17/h2-3H,1H3,(H2,14,15,16,17,18). The Hall–Kier alpha value is -1.77. The number of aromatic nitrogens is 4. The highest BCUT2D eigenvalue weighted by molar-refractivity contribution is 14.1. The Balaban J connectivity index is 2.55. The molecule has 2 heterocycles. The van der Waals surface area contributed by atoms with E-state index >= 15 is 0 Å². The summed E-state index contributed by atoms with van der Waals surface area (Å²) >= 11 is 2.20. The number of benzene rings is 1. The Morgan fingerprint density at radius 3 is 2.61 bits per heavy atom. The van der Waals surface area contributed by atoms with E-state index < -0.39 is 11.2 Å². The van der Waals surface area contributed by atoms with Gasteiger partial charge in [0.25, 0.3) is 5.56 Å². The number of nitrogens with one attached hydrogen (secondary N) is 2. The van der Waals surface area contributed by atoms with Crippen LogP contribution in [0.1, 0.15) is 5.56 Å². The van der Waals surface area contributed by atoms with E-state index in [1.54, 1.807) is 0 Å². The van der Waals surface area contributed by atoms with Crippen LogP contribution in [0.25, 0.3) is 22.2 Å². The number of H-pyrrole nitrogens is 2. The van der Waals surface area contributed by atoms with Gasteiger partial charge in [-0.3, -0.25) is 14.8 Å². The van der Waals surface area contributed by atoms with Crippen LogP contribution >= 0.6 is 22.6 Å². The maximum absolute atomic E-state index is 11.6. The molecule has 90 valence electrons. The predicted octanol–water partition coefficient (Wildman–Crippen LogP) is 1.07. The molecule has 0 aliphatic rings. The van der Waals surface area contributed by atoms with Gasteiger partial charge in [-0.05, 0) is 47.2 Å². The molecule has 0 aliphatic heterocycles. The lowest BCUT2D eigenvalue weighted by Crippen LogP contribution is -2.23. The summed E-state index contributed by atoms with van der Waals surface area (Å²) in [5.41, 5.74) is 1.60. The lowest BCUT2D eigenvalue weighted by Gasteiger charge is -2.02. The van der Waals surface area contributed by atoms with Gasteiger partial charge in [-0.15, -0.1) is 0 Å². The predicted molar refractivity (Wildman–Crippen MR) is 75.7 cm³/mol. The maximum Gasteiger partial charge on any atom is 0.327 e. The number of halogens is 1. The molecule has 0 unspecified atom stereocenters. The van der Waals surface area contributed by atoms with Gasteiger partial charge < -0.3 is 0 Å². The Kier molecular flexibility index (Phi) is 2.44. The molecular weight excluding hydrogens is 347 g/mol. The van der Waals surface area contributed by atoms with E-state index in [0.29, 0.717) is 11.0 Å². The number of fused-ring (bicyclic) bond motifs is 2. The van der Waals surface area contributed by atoms with E-state index in [0.717, 1.165) is 9.13 Å². The van der Waals surface area contributed by atoms with Crippen molar-refractivity contribution in [1.82, 2.24) is 19.9 Å². The first-order valence-corrected chi connectivity index (χ1v) is 6.23. The van der Waals surface area contributed by atoms with Crippen molar-refractivity contribution in [2.45, 2.75) is 6.92 Å². The Bertz CT molecular complexity index is 897. The van der Waals surface area contributed by atoms with Crippen LogP contribution in [0, 0.1) is 10.5 Å². The molecule has 0 amide bonds. The Morgan fingerprint density at radius 2 is 1.83 bits per heavy atom. The first kappa shape index (κ1) is 11.3. The highest BCUT2D eigenvalue weighted by atomic mass is 127. The molecule has 18 heavy (non-hydrogen) atoms. The Labute approximate surface area is 114 Å². The molecule has 0 radical (unpaired) electrons. The van der Waals surface area contributed by atoms with Crippen molar-refractivity contribution in [3.63, 3.8) is 0 Å². The molecule has 6 nitrogen and oxygen atoms in total. The summed E-state index contributed by atoms with van der Waals surface area (Å²) in [6, 6.07) is 3.74. The molecule has 2 N–H and O–H groups in total. The van der Waals surface area contributed by atoms with Gasteiger partial charge in [0.2, 0.25) is 0 Å². The van der Waals surface area contributed by atoms with Gasteiger partial charge in [-0.2, -0.15) is 0 Å². The SMILES string of the molecule is Cc1cc2nc3[nH]c(=O)[nH]c(=O)c3nc2cc1I. The molecule has 7 heteroatoms. The largest absolute Gasteiger partial charge is 0.327 e. The van der Waals surface area contributed by atoms with Gasteiger partial charge in [0.15, 0.2) is 11.2 Å². The van der Waals surface area contributed by atoms with Crippen molar-refractivity contribution in [2.24, 2.45) is 0 Å². The fourth-order valence-electron chi connectivity index (χ4n) is 1.73. The first-order chi connectivity index (χ1) is 8.54. The van der Waals surface area contributed by atoms with Crippen LogP contribution < -0.4 is 11.2 Å². The zero-order valence-corrected chi connectivity index (χ0v) is 11.4. The Morgan fingerprint density at radius 1 is 1.11 bits per heavy atom. The second-order valence-electron chi connectivity index (χ2n) is 3.92. The van der Waals surface area contributed by atoms with Crippen LogP contribution in [0.2, 0.25) is 0 Å². The van der Waals surface area contributed by atoms with Crippen LogP contribution in [0.3, 0.4) is 0 Å². The van der Waals surface area contributed by atoms with Crippen molar-refractivity contribution >= 4 is 44.8 Å². The normalized spacial score (nSPS) is 11.2. The number of nitrogens with zero attached hydrogens (tertiary/aromatic N) is 2. The summed E-state index contributed by atoms with van der Waals surface area (Å²) in [6.07, 6.45) is 0.